The molecule has 46 heavy (non-hydrogen) atoms. The van der Waals surface area contributed by atoms with Crippen molar-refractivity contribution in [1.29, 1.82) is 0 Å². The summed E-state index contributed by atoms with van der Waals surface area (Å²) in [5.74, 6) is 0.155. The van der Waals surface area contributed by atoms with Crippen LogP contribution in [-0.2, 0) is 19.1 Å². The average Bonchev–Trinajstić information content (AvgIpc) is 3.31. The molecule has 3 aromatic rings. The first-order chi connectivity index (χ1) is 22.1. The molecule has 1 aliphatic rings. The van der Waals surface area contributed by atoms with Gasteiger partial charge < -0.3 is 23.7 Å². The zero-order valence-corrected chi connectivity index (χ0v) is 26.6. The molecule has 0 amide bonds. The Bertz CT molecular complexity index is 1520. The van der Waals surface area contributed by atoms with E-state index in [1.165, 1.54) is 13.8 Å². The fraction of sp³-hybridized carbons (Fsp3) is 0.378. The smallest absolute Gasteiger partial charge is 0.343 e. The van der Waals surface area contributed by atoms with Gasteiger partial charge in [-0.1, -0.05) is 25.6 Å². The van der Waals surface area contributed by atoms with Gasteiger partial charge in [0, 0.05) is 18.4 Å². The van der Waals surface area contributed by atoms with E-state index in [-0.39, 0.29) is 12.5 Å². The Labute approximate surface area is 269 Å². The van der Waals surface area contributed by atoms with Gasteiger partial charge in [0.05, 0.1) is 32.0 Å². The largest absolute Gasteiger partial charge is 0.494 e. The van der Waals surface area contributed by atoms with Crippen molar-refractivity contribution in [2.75, 3.05) is 26.4 Å². The number of unbranched alkanes of at least 4 members (excludes halogenated alkanes) is 3. The van der Waals surface area contributed by atoms with Gasteiger partial charge in [-0.3, -0.25) is 0 Å². The number of rotatable bonds is 17. The molecule has 1 unspecified atom stereocenters. The van der Waals surface area contributed by atoms with Crippen molar-refractivity contribution < 1.29 is 42.5 Å². The van der Waals surface area contributed by atoms with E-state index in [0.29, 0.717) is 49.1 Å². The molecule has 0 aromatic heterocycles. The maximum atomic E-state index is 13.6. The lowest BCUT2D eigenvalue weighted by Gasteiger charge is -2.13. The van der Waals surface area contributed by atoms with Gasteiger partial charge in [0.1, 0.15) is 17.2 Å². The molecule has 0 bridgehead atoms. The third kappa shape index (κ3) is 9.42. The average molecular weight is 633 g/mol. The van der Waals surface area contributed by atoms with Gasteiger partial charge in [-0.15, -0.1) is 0 Å². The van der Waals surface area contributed by atoms with E-state index in [9.17, 15) is 18.8 Å². The summed E-state index contributed by atoms with van der Waals surface area (Å²) >= 11 is 0. The molecule has 0 N–H and O–H groups in total. The Morgan fingerprint density at radius 3 is 1.93 bits per heavy atom. The van der Waals surface area contributed by atoms with Crippen molar-refractivity contribution >= 4 is 17.9 Å². The highest BCUT2D eigenvalue weighted by Crippen LogP contribution is 2.47. The number of alkyl halides is 1. The second-order valence-corrected chi connectivity index (χ2v) is 11.6. The minimum Gasteiger partial charge on any atom is -0.494 e. The van der Waals surface area contributed by atoms with E-state index in [1.54, 1.807) is 30.3 Å². The lowest BCUT2D eigenvalue weighted by molar-refractivity contribution is -0.155. The molecule has 4 rings (SSSR count). The Morgan fingerprint density at radius 1 is 0.739 bits per heavy atom. The van der Waals surface area contributed by atoms with E-state index >= 15 is 0 Å². The molecule has 3 aromatic carbocycles. The Hall–Kier alpha value is -4.66. The Morgan fingerprint density at radius 2 is 1.28 bits per heavy atom. The standard InChI is InChI=1S/C37H41FO8/c1-5-34(39)44-20-9-7-6-8-19-42-27-13-11-26(12-14-27)35(40)46-29-16-18-31-30-17-15-28(23-32(30)25(2)33(31)24-29)43-21-10-22-45-36(41)37(3,4)38/h5,11-18,23-25H,1,6-10,19-22H2,2-4H3. The van der Waals surface area contributed by atoms with E-state index in [0.717, 1.165) is 54.0 Å². The zero-order valence-electron chi connectivity index (χ0n) is 26.6. The third-order valence-corrected chi connectivity index (χ3v) is 7.56. The summed E-state index contributed by atoms with van der Waals surface area (Å²) in [5.41, 5.74) is 2.73. The van der Waals surface area contributed by atoms with Crippen LogP contribution in [0.1, 0.15) is 80.3 Å². The normalized spacial score (nSPS) is 13.3. The van der Waals surface area contributed by atoms with Crippen molar-refractivity contribution in [1.82, 2.24) is 0 Å². The summed E-state index contributed by atoms with van der Waals surface area (Å²) in [7, 11) is 0. The molecular weight excluding hydrogens is 591 g/mol. The van der Waals surface area contributed by atoms with Crippen molar-refractivity contribution in [3.63, 3.8) is 0 Å². The van der Waals surface area contributed by atoms with Gasteiger partial charge in [0.2, 0.25) is 5.67 Å². The molecule has 0 spiro atoms. The Kier molecular flexibility index (Phi) is 11.9. The highest BCUT2D eigenvalue weighted by molar-refractivity contribution is 5.91. The highest BCUT2D eigenvalue weighted by Gasteiger charge is 2.28. The van der Waals surface area contributed by atoms with Crippen molar-refractivity contribution in [2.45, 2.75) is 64.5 Å². The molecular formula is C37H41FO8. The van der Waals surface area contributed by atoms with Crippen molar-refractivity contribution in [3.8, 4) is 28.4 Å². The molecule has 0 aliphatic heterocycles. The highest BCUT2D eigenvalue weighted by atomic mass is 19.1. The van der Waals surface area contributed by atoms with E-state index in [1.807, 2.05) is 30.3 Å². The lowest BCUT2D eigenvalue weighted by atomic mass is 9.99. The van der Waals surface area contributed by atoms with Crippen LogP contribution in [0.15, 0.2) is 73.3 Å². The molecule has 244 valence electrons. The maximum absolute atomic E-state index is 13.6. The molecule has 0 radical (unpaired) electrons. The number of hydrogen-bond donors (Lipinski definition) is 0. The van der Waals surface area contributed by atoms with Crippen LogP contribution in [0.5, 0.6) is 17.2 Å². The molecule has 0 fully saturated rings. The number of ether oxygens (including phenoxy) is 5. The number of fused-ring (bicyclic) bond motifs is 3. The van der Waals surface area contributed by atoms with Crippen LogP contribution < -0.4 is 14.2 Å². The van der Waals surface area contributed by atoms with E-state index in [4.69, 9.17) is 23.7 Å². The number of hydrogen-bond acceptors (Lipinski definition) is 8. The third-order valence-electron chi connectivity index (χ3n) is 7.56. The van der Waals surface area contributed by atoms with E-state index < -0.39 is 23.6 Å². The van der Waals surface area contributed by atoms with Crippen LogP contribution >= 0.6 is 0 Å². The van der Waals surface area contributed by atoms with Crippen LogP contribution in [0.3, 0.4) is 0 Å². The van der Waals surface area contributed by atoms with Gasteiger partial charge >= 0.3 is 17.9 Å². The van der Waals surface area contributed by atoms with Gasteiger partial charge in [-0.05, 0) is 110 Å². The fourth-order valence-electron chi connectivity index (χ4n) is 5.03. The van der Waals surface area contributed by atoms with Crippen LogP contribution in [0.25, 0.3) is 11.1 Å². The summed E-state index contributed by atoms with van der Waals surface area (Å²) in [6.07, 6.45) is 5.16. The van der Waals surface area contributed by atoms with Crippen molar-refractivity contribution in [2.24, 2.45) is 0 Å². The minimum atomic E-state index is -2.01. The first-order valence-corrected chi connectivity index (χ1v) is 15.6. The molecule has 1 atom stereocenters. The molecule has 0 saturated heterocycles. The first-order valence-electron chi connectivity index (χ1n) is 15.6. The predicted octanol–water partition coefficient (Wildman–Crippen LogP) is 7.77. The second kappa shape index (κ2) is 16.1. The number of esters is 3. The monoisotopic (exact) mass is 632 g/mol. The number of benzene rings is 3. The summed E-state index contributed by atoms with van der Waals surface area (Å²) in [5, 5.41) is 0. The van der Waals surface area contributed by atoms with Crippen LogP contribution in [0, 0.1) is 0 Å². The number of carbonyl (C=O) groups is 3. The number of carbonyl (C=O) groups excluding carboxylic acids is 3. The van der Waals surface area contributed by atoms with E-state index in [2.05, 4.69) is 13.5 Å². The van der Waals surface area contributed by atoms with Gasteiger partial charge in [0.25, 0.3) is 0 Å². The lowest BCUT2D eigenvalue weighted by Crippen LogP contribution is -2.28. The molecule has 1 aliphatic carbocycles. The van der Waals surface area contributed by atoms with Crippen molar-refractivity contribution in [3.05, 3.63) is 90.0 Å². The summed E-state index contributed by atoms with van der Waals surface area (Å²) in [6.45, 7) is 9.15. The summed E-state index contributed by atoms with van der Waals surface area (Å²) in [6, 6.07) is 18.4. The maximum Gasteiger partial charge on any atom is 0.343 e. The predicted molar refractivity (Wildman–Crippen MR) is 172 cm³/mol. The Balaban J connectivity index is 1.23. The zero-order chi connectivity index (χ0) is 33.1. The first kappa shape index (κ1) is 34.2. The van der Waals surface area contributed by atoms with Gasteiger partial charge in [0.15, 0.2) is 0 Å². The SMILES string of the molecule is C=CC(=O)OCCCCCCOc1ccc(C(=O)Oc2ccc3c(c2)C(C)c2cc(OCCCOC(=O)C(C)(C)F)ccc2-3)cc1. The topological polar surface area (TPSA) is 97.4 Å². The fourth-order valence-corrected chi connectivity index (χ4v) is 5.03. The molecule has 9 heteroatoms. The molecule has 0 heterocycles. The summed E-state index contributed by atoms with van der Waals surface area (Å²) < 4.78 is 40.8. The van der Waals surface area contributed by atoms with Crippen LogP contribution in [0.4, 0.5) is 4.39 Å². The molecule has 0 saturated carbocycles. The number of halogens is 1. The minimum absolute atomic E-state index is 0.0613. The summed E-state index contributed by atoms with van der Waals surface area (Å²) in [4.78, 5) is 35.5. The van der Waals surface area contributed by atoms with Gasteiger partial charge in [-0.25, -0.2) is 18.8 Å². The van der Waals surface area contributed by atoms with Crippen LogP contribution in [-0.4, -0.2) is 50.0 Å². The van der Waals surface area contributed by atoms with Gasteiger partial charge in [-0.2, -0.15) is 0 Å². The molecule has 8 nitrogen and oxygen atoms in total. The quantitative estimate of drug-likeness (QED) is 0.0645. The second-order valence-electron chi connectivity index (χ2n) is 11.6. The van der Waals surface area contributed by atoms with Crippen LogP contribution in [0.2, 0.25) is 0 Å².